The molecule has 2 rings (SSSR count). The number of hydrogen-bond acceptors (Lipinski definition) is 15. The molecule has 0 amide bonds. The maximum Gasteiger partial charge on any atom is 0.510 e. The van der Waals surface area contributed by atoms with Crippen LogP contribution in [0.15, 0.2) is 21.9 Å². The number of H-pyrrole nitrogens is 1. The summed E-state index contributed by atoms with van der Waals surface area (Å²) in [6.45, 7) is 4.41. The van der Waals surface area contributed by atoms with Crippen LogP contribution in [0.25, 0.3) is 0 Å². The highest BCUT2D eigenvalue weighted by molar-refractivity contribution is 7.48. The standard InChI is InChI=1S/C21H32ClN2O15P/c1-12(2)37-18(28)32-10-35-40(31,36-11-33-19(29)38-13(3)4)34-9-21(8-22)15(26)20(5,30)16(39-21)24-7-6-14(25)23-17(24)27/h6-7,12-13,15-16,26,30H,8-11H2,1-5H3,(H,23,25,27)/t15-,16-,20?,21+/m0/s1. The number of phosphoric acid groups is 1. The van der Waals surface area contributed by atoms with E-state index in [0.717, 1.165) is 23.8 Å². The van der Waals surface area contributed by atoms with Crippen molar-refractivity contribution in [2.24, 2.45) is 0 Å². The Morgan fingerprint density at radius 3 is 2.08 bits per heavy atom. The molecule has 19 heteroatoms. The van der Waals surface area contributed by atoms with E-state index in [1.165, 1.54) is 0 Å². The van der Waals surface area contributed by atoms with E-state index < -0.39 is 93.2 Å². The number of phosphoric ester groups is 1. The highest BCUT2D eigenvalue weighted by Crippen LogP contribution is 2.52. The molecule has 0 radical (unpaired) electrons. The van der Waals surface area contributed by atoms with Crippen LogP contribution in [0.2, 0.25) is 0 Å². The highest BCUT2D eigenvalue weighted by Gasteiger charge is 2.62. The van der Waals surface area contributed by atoms with Crippen molar-refractivity contribution in [1.29, 1.82) is 0 Å². The number of aliphatic hydroxyl groups is 2. The fraction of sp³-hybridized carbons (Fsp3) is 0.714. The lowest BCUT2D eigenvalue weighted by Crippen LogP contribution is -2.53. The van der Waals surface area contributed by atoms with Crippen LogP contribution >= 0.6 is 19.4 Å². The van der Waals surface area contributed by atoms with Gasteiger partial charge >= 0.3 is 25.8 Å². The predicted molar refractivity (Wildman–Crippen MR) is 132 cm³/mol. The number of aliphatic hydroxyl groups excluding tert-OH is 1. The van der Waals surface area contributed by atoms with Gasteiger partial charge in [-0.05, 0) is 34.6 Å². The molecule has 0 aliphatic carbocycles. The third-order valence-corrected chi connectivity index (χ3v) is 6.88. The minimum atomic E-state index is -4.80. The minimum Gasteiger partial charge on any atom is -0.432 e. The van der Waals surface area contributed by atoms with E-state index in [4.69, 9.17) is 39.4 Å². The van der Waals surface area contributed by atoms with E-state index in [1.807, 2.05) is 4.98 Å². The average molecular weight is 619 g/mol. The SMILES string of the molecule is CC(C)OC(=O)OCOP(=O)(OCOC(=O)OC(C)C)OC[C@@]1(CCl)O[C@H](n2ccc(=O)[nH]c2=O)C(C)(O)[C@@H]1O. The number of nitrogens with zero attached hydrogens (tertiary/aromatic N) is 1. The van der Waals surface area contributed by atoms with Gasteiger partial charge in [-0.3, -0.25) is 18.9 Å². The van der Waals surface area contributed by atoms with E-state index in [9.17, 15) is 34.0 Å². The summed E-state index contributed by atoms with van der Waals surface area (Å²) in [5.41, 5.74) is -5.92. The van der Waals surface area contributed by atoms with E-state index >= 15 is 0 Å². The Hall–Kier alpha value is -2.50. The largest absolute Gasteiger partial charge is 0.510 e. The number of aromatic amines is 1. The maximum absolute atomic E-state index is 13.3. The van der Waals surface area contributed by atoms with Crippen LogP contribution in [0.5, 0.6) is 0 Å². The number of carbonyl (C=O) groups excluding carboxylic acids is 2. The summed E-state index contributed by atoms with van der Waals surface area (Å²) in [4.78, 5) is 49.0. The van der Waals surface area contributed by atoms with Gasteiger partial charge in [-0.25, -0.2) is 28.0 Å². The van der Waals surface area contributed by atoms with Gasteiger partial charge in [0.05, 0.1) is 24.7 Å². The third-order valence-electron chi connectivity index (χ3n) is 5.13. The van der Waals surface area contributed by atoms with E-state index in [-0.39, 0.29) is 0 Å². The van der Waals surface area contributed by atoms with Crippen molar-refractivity contribution in [2.45, 2.75) is 70.4 Å². The minimum absolute atomic E-state index is 0.535. The van der Waals surface area contributed by atoms with Crippen LogP contribution in [0.1, 0.15) is 40.8 Å². The fourth-order valence-corrected chi connectivity index (χ4v) is 4.56. The molecule has 1 aromatic rings. The Bertz CT molecular complexity index is 1150. The van der Waals surface area contributed by atoms with Gasteiger partial charge in [-0.2, -0.15) is 0 Å². The summed E-state index contributed by atoms with van der Waals surface area (Å²) in [7, 11) is -4.80. The molecule has 1 aliphatic heterocycles. The third kappa shape index (κ3) is 8.75. The van der Waals surface area contributed by atoms with Gasteiger partial charge in [0, 0.05) is 12.3 Å². The molecule has 40 heavy (non-hydrogen) atoms. The predicted octanol–water partition coefficient (Wildman–Crippen LogP) is 1.35. The number of hydrogen-bond donors (Lipinski definition) is 3. The highest BCUT2D eigenvalue weighted by atomic mass is 35.5. The smallest absolute Gasteiger partial charge is 0.432 e. The van der Waals surface area contributed by atoms with Crippen molar-refractivity contribution in [2.75, 3.05) is 26.1 Å². The second kappa shape index (κ2) is 13.9. The molecule has 0 spiro atoms. The summed E-state index contributed by atoms with van der Waals surface area (Å²) in [6, 6.07) is 0.981. The van der Waals surface area contributed by atoms with Crippen molar-refractivity contribution in [3.8, 4) is 0 Å². The molecule has 2 heterocycles. The fourth-order valence-electron chi connectivity index (χ4n) is 3.31. The molecule has 17 nitrogen and oxygen atoms in total. The number of carbonyl (C=O) groups is 2. The zero-order chi connectivity index (χ0) is 30.3. The number of halogens is 1. The van der Waals surface area contributed by atoms with Gasteiger partial charge in [-0.15, -0.1) is 11.6 Å². The molecule has 1 saturated heterocycles. The molecule has 228 valence electrons. The zero-order valence-corrected chi connectivity index (χ0v) is 23.9. The summed E-state index contributed by atoms with van der Waals surface area (Å²) in [6.07, 6.45) is -5.86. The van der Waals surface area contributed by atoms with Gasteiger partial charge in [0.15, 0.2) is 6.23 Å². The molecule has 3 N–H and O–H groups in total. The van der Waals surface area contributed by atoms with Crippen molar-refractivity contribution in [3.63, 3.8) is 0 Å². The Morgan fingerprint density at radius 1 is 1.10 bits per heavy atom. The molecular formula is C21H32ClN2O15P. The second-order valence-electron chi connectivity index (χ2n) is 9.15. The van der Waals surface area contributed by atoms with Crippen molar-refractivity contribution < 1.29 is 61.6 Å². The summed E-state index contributed by atoms with van der Waals surface area (Å²) < 4.78 is 53.7. The van der Waals surface area contributed by atoms with E-state index in [1.54, 1.807) is 27.7 Å². The van der Waals surface area contributed by atoms with Crippen LogP contribution in [-0.4, -0.2) is 87.7 Å². The van der Waals surface area contributed by atoms with Crippen LogP contribution in [0.3, 0.4) is 0 Å². The zero-order valence-electron chi connectivity index (χ0n) is 22.3. The molecule has 0 bridgehead atoms. The lowest BCUT2D eigenvalue weighted by molar-refractivity contribution is -0.123. The second-order valence-corrected chi connectivity index (χ2v) is 11.1. The normalized spacial score (nSPS) is 24.8. The lowest BCUT2D eigenvalue weighted by atomic mass is 9.89. The maximum atomic E-state index is 13.3. The first-order chi connectivity index (χ1) is 18.5. The van der Waals surface area contributed by atoms with Crippen molar-refractivity contribution in [1.82, 2.24) is 9.55 Å². The Labute approximate surface area is 232 Å². The summed E-state index contributed by atoms with van der Waals surface area (Å²) >= 11 is 6.06. The molecular weight excluding hydrogens is 587 g/mol. The first kappa shape index (κ1) is 33.7. The summed E-state index contributed by atoms with van der Waals surface area (Å²) in [5, 5.41) is 21.9. The van der Waals surface area contributed by atoms with Crippen LogP contribution < -0.4 is 11.2 Å². The topological polar surface area (TPSA) is 220 Å². The molecule has 0 aromatic carbocycles. The molecule has 1 aliphatic rings. The Kier molecular flexibility index (Phi) is 11.7. The molecule has 1 unspecified atom stereocenters. The molecule has 1 aromatic heterocycles. The van der Waals surface area contributed by atoms with Gasteiger partial charge in [0.1, 0.15) is 17.3 Å². The summed E-state index contributed by atoms with van der Waals surface area (Å²) in [5.74, 6) is -0.590. The lowest BCUT2D eigenvalue weighted by Gasteiger charge is -2.32. The van der Waals surface area contributed by atoms with Crippen molar-refractivity contribution in [3.05, 3.63) is 33.1 Å². The van der Waals surface area contributed by atoms with Gasteiger partial charge < -0.3 is 33.9 Å². The average Bonchev–Trinajstić information content (AvgIpc) is 3.03. The number of ether oxygens (including phenoxy) is 5. The van der Waals surface area contributed by atoms with Crippen LogP contribution in [0.4, 0.5) is 9.59 Å². The molecule has 1 fully saturated rings. The van der Waals surface area contributed by atoms with Gasteiger partial charge in [0.25, 0.3) is 5.56 Å². The van der Waals surface area contributed by atoms with Crippen LogP contribution in [0, 0.1) is 0 Å². The van der Waals surface area contributed by atoms with E-state index in [2.05, 4.69) is 9.47 Å². The van der Waals surface area contributed by atoms with E-state index in [0.29, 0.717) is 0 Å². The number of rotatable bonds is 13. The van der Waals surface area contributed by atoms with Crippen molar-refractivity contribution >= 4 is 31.7 Å². The van der Waals surface area contributed by atoms with Crippen LogP contribution in [-0.2, 0) is 41.8 Å². The van der Waals surface area contributed by atoms with Gasteiger partial charge in [-0.1, -0.05) is 0 Å². The first-order valence-corrected chi connectivity index (χ1v) is 13.7. The molecule has 4 atom stereocenters. The molecule has 0 saturated carbocycles. The number of aromatic nitrogens is 2. The number of nitrogens with one attached hydrogen (secondary N) is 1. The monoisotopic (exact) mass is 618 g/mol. The number of alkyl halides is 1. The quantitative estimate of drug-likeness (QED) is 0.123. The Morgan fingerprint density at radius 2 is 1.62 bits per heavy atom. The van der Waals surface area contributed by atoms with Gasteiger partial charge in [0.2, 0.25) is 13.6 Å². The first-order valence-electron chi connectivity index (χ1n) is 11.7. The Balaban J connectivity index is 2.22.